The zero-order valence-corrected chi connectivity index (χ0v) is 30.0. The molecule has 4 N–H and O–H groups in total. The van der Waals surface area contributed by atoms with E-state index < -0.39 is 23.6 Å². The van der Waals surface area contributed by atoms with E-state index in [1.54, 1.807) is 6.08 Å². The summed E-state index contributed by atoms with van der Waals surface area (Å²) in [6.45, 7) is 7.98. The third-order valence-corrected chi connectivity index (χ3v) is 9.38. The van der Waals surface area contributed by atoms with Gasteiger partial charge in [-0.2, -0.15) is 0 Å². The Labute approximate surface area is 303 Å². The topological polar surface area (TPSA) is 143 Å². The molecular weight excluding hydrogens is 646 g/mol. The number of allylic oxidation sites excluding steroid dienone is 2. The predicted octanol–water partition coefficient (Wildman–Crippen LogP) is 6.33. The van der Waals surface area contributed by atoms with Crippen molar-refractivity contribution in [3.63, 3.8) is 0 Å². The van der Waals surface area contributed by atoms with E-state index in [1.165, 1.54) is 0 Å². The first-order chi connectivity index (χ1) is 24.8. The molecule has 0 aliphatic heterocycles. The number of alkyl carbamates (subject to hydrolysis) is 1. The SMILES string of the molecule is C=CCCC[C@H](Cc1ccccc1)C(=O)OC[C@H](CCCCNC(=O)OCc1ccccc1)NC(=O)[C@H](CC=C)CC(=O)NC1(CO)CCCC1. The number of carbonyl (C=O) groups is 4. The van der Waals surface area contributed by atoms with Crippen LogP contribution >= 0.6 is 0 Å². The summed E-state index contributed by atoms with van der Waals surface area (Å²) in [5.74, 6) is -1.96. The highest BCUT2D eigenvalue weighted by Gasteiger charge is 2.35. The lowest BCUT2D eigenvalue weighted by molar-refractivity contribution is -0.150. The van der Waals surface area contributed by atoms with Gasteiger partial charge in [-0.3, -0.25) is 14.4 Å². The summed E-state index contributed by atoms with van der Waals surface area (Å²) >= 11 is 0. The van der Waals surface area contributed by atoms with E-state index in [9.17, 15) is 24.3 Å². The molecular formula is C41H57N3O7. The average molecular weight is 704 g/mol. The number of nitrogens with one attached hydrogen (secondary N) is 3. The molecule has 0 spiro atoms. The van der Waals surface area contributed by atoms with E-state index in [1.807, 2.05) is 66.7 Å². The predicted molar refractivity (Wildman–Crippen MR) is 198 cm³/mol. The number of ether oxygens (including phenoxy) is 2. The van der Waals surface area contributed by atoms with Crippen LogP contribution in [0.25, 0.3) is 0 Å². The molecule has 2 aromatic rings. The Balaban J connectivity index is 1.60. The number of carbonyl (C=O) groups excluding carboxylic acids is 4. The molecule has 0 unspecified atom stereocenters. The van der Waals surface area contributed by atoms with Gasteiger partial charge in [0.1, 0.15) is 13.2 Å². The molecule has 1 fully saturated rings. The van der Waals surface area contributed by atoms with Gasteiger partial charge in [-0.05, 0) is 75.3 Å². The Kier molecular flexibility index (Phi) is 18.6. The first kappa shape index (κ1) is 41.0. The van der Waals surface area contributed by atoms with Gasteiger partial charge in [0.15, 0.2) is 0 Å². The van der Waals surface area contributed by atoms with Crippen molar-refractivity contribution in [1.82, 2.24) is 16.0 Å². The molecule has 3 rings (SSSR count). The van der Waals surface area contributed by atoms with Gasteiger partial charge < -0.3 is 30.5 Å². The maximum Gasteiger partial charge on any atom is 0.407 e. The molecule has 1 saturated carbocycles. The summed E-state index contributed by atoms with van der Waals surface area (Å²) in [5.41, 5.74) is 1.31. The fraction of sp³-hybridized carbons (Fsp3) is 0.512. The van der Waals surface area contributed by atoms with E-state index in [0.29, 0.717) is 51.5 Å². The number of hydrogen-bond donors (Lipinski definition) is 4. The lowest BCUT2D eigenvalue weighted by Crippen LogP contribution is -2.50. The number of amides is 3. The van der Waals surface area contributed by atoms with Gasteiger partial charge in [-0.25, -0.2) is 4.79 Å². The lowest BCUT2D eigenvalue weighted by Gasteiger charge is -2.29. The third kappa shape index (κ3) is 15.6. The van der Waals surface area contributed by atoms with Crippen molar-refractivity contribution in [1.29, 1.82) is 0 Å². The van der Waals surface area contributed by atoms with Gasteiger partial charge in [0.2, 0.25) is 11.8 Å². The fourth-order valence-corrected chi connectivity index (χ4v) is 6.44. The van der Waals surface area contributed by atoms with Crippen LogP contribution in [-0.4, -0.2) is 60.3 Å². The minimum absolute atomic E-state index is 0.0233. The Morgan fingerprint density at radius 1 is 0.843 bits per heavy atom. The minimum Gasteiger partial charge on any atom is -0.463 e. The van der Waals surface area contributed by atoms with Crippen LogP contribution in [-0.2, 0) is 36.9 Å². The molecule has 10 heteroatoms. The number of aliphatic hydroxyl groups excluding tert-OH is 1. The maximum absolute atomic E-state index is 13.6. The molecule has 10 nitrogen and oxygen atoms in total. The zero-order valence-electron chi connectivity index (χ0n) is 30.0. The molecule has 1 aliphatic carbocycles. The van der Waals surface area contributed by atoms with Crippen molar-refractivity contribution in [3.05, 3.63) is 97.1 Å². The summed E-state index contributed by atoms with van der Waals surface area (Å²) in [4.78, 5) is 52.3. The normalized spacial score (nSPS) is 15.1. The van der Waals surface area contributed by atoms with E-state index in [2.05, 4.69) is 29.1 Å². The average Bonchev–Trinajstić information content (AvgIpc) is 3.61. The smallest absolute Gasteiger partial charge is 0.407 e. The molecule has 0 aromatic heterocycles. The molecule has 278 valence electrons. The number of esters is 1. The summed E-state index contributed by atoms with van der Waals surface area (Å²) in [6.07, 6.45) is 11.0. The maximum atomic E-state index is 13.6. The van der Waals surface area contributed by atoms with Gasteiger partial charge in [0.05, 0.1) is 30.0 Å². The van der Waals surface area contributed by atoms with Gasteiger partial charge in [0.25, 0.3) is 0 Å². The molecule has 3 amide bonds. The van der Waals surface area contributed by atoms with Crippen molar-refractivity contribution in [2.24, 2.45) is 11.8 Å². The Hall–Kier alpha value is -4.44. The summed E-state index contributed by atoms with van der Waals surface area (Å²) < 4.78 is 11.2. The molecule has 0 radical (unpaired) electrons. The Morgan fingerprint density at radius 2 is 1.53 bits per heavy atom. The van der Waals surface area contributed by atoms with Crippen molar-refractivity contribution < 1.29 is 33.8 Å². The number of benzene rings is 2. The molecule has 3 atom stereocenters. The first-order valence-electron chi connectivity index (χ1n) is 18.4. The van der Waals surface area contributed by atoms with Gasteiger partial charge in [-0.1, -0.05) is 85.7 Å². The highest BCUT2D eigenvalue weighted by molar-refractivity contribution is 5.86. The number of unbranched alkanes of at least 4 members (excludes halogenated alkanes) is 2. The van der Waals surface area contributed by atoms with Crippen molar-refractivity contribution in [3.8, 4) is 0 Å². The monoisotopic (exact) mass is 703 g/mol. The zero-order chi connectivity index (χ0) is 36.7. The van der Waals surface area contributed by atoms with Gasteiger partial charge in [0, 0.05) is 13.0 Å². The van der Waals surface area contributed by atoms with Crippen LogP contribution in [0.15, 0.2) is 86.0 Å². The number of aliphatic hydroxyl groups is 1. The fourth-order valence-electron chi connectivity index (χ4n) is 6.44. The van der Waals surface area contributed by atoms with Crippen molar-refractivity contribution in [2.75, 3.05) is 19.8 Å². The Bertz CT molecular complexity index is 1360. The van der Waals surface area contributed by atoms with Crippen LogP contribution in [0.5, 0.6) is 0 Å². The third-order valence-electron chi connectivity index (χ3n) is 9.38. The Morgan fingerprint density at radius 3 is 2.18 bits per heavy atom. The highest BCUT2D eigenvalue weighted by Crippen LogP contribution is 2.29. The largest absolute Gasteiger partial charge is 0.463 e. The number of rotatable bonds is 24. The van der Waals surface area contributed by atoms with Crippen LogP contribution in [0.1, 0.15) is 88.2 Å². The molecule has 51 heavy (non-hydrogen) atoms. The summed E-state index contributed by atoms with van der Waals surface area (Å²) in [5, 5.41) is 18.7. The molecule has 0 heterocycles. The molecule has 0 saturated heterocycles. The van der Waals surface area contributed by atoms with Gasteiger partial charge in [-0.15, -0.1) is 13.2 Å². The van der Waals surface area contributed by atoms with E-state index in [4.69, 9.17) is 9.47 Å². The van der Waals surface area contributed by atoms with Crippen LogP contribution in [0.3, 0.4) is 0 Å². The van der Waals surface area contributed by atoms with Gasteiger partial charge >= 0.3 is 12.1 Å². The standard InChI is InChI=1S/C41H57N3O7/c1-3-5-8-22-35(27-32-18-9-6-10-19-32)39(48)50-30-36(23-13-16-26-42-40(49)51-29-33-20-11-7-12-21-33)43-38(47)34(17-4-2)28-37(46)44-41(31-45)24-14-15-25-41/h3-4,6-7,9-12,18-21,34-36,45H,1-2,5,8,13-17,22-31H2,(H,42,49)(H,43,47)(H,44,46)/t34-,35-,36+/m1/s1. The highest BCUT2D eigenvalue weighted by atomic mass is 16.5. The van der Waals surface area contributed by atoms with Crippen LogP contribution in [0, 0.1) is 11.8 Å². The van der Waals surface area contributed by atoms with Crippen LogP contribution in [0.4, 0.5) is 4.79 Å². The van der Waals surface area contributed by atoms with E-state index in [0.717, 1.165) is 36.8 Å². The molecule has 2 aromatic carbocycles. The van der Waals surface area contributed by atoms with E-state index >= 15 is 0 Å². The second-order valence-corrected chi connectivity index (χ2v) is 13.5. The first-order valence-corrected chi connectivity index (χ1v) is 18.4. The summed E-state index contributed by atoms with van der Waals surface area (Å²) in [6, 6.07) is 18.7. The van der Waals surface area contributed by atoms with Crippen molar-refractivity contribution >= 4 is 23.9 Å². The van der Waals surface area contributed by atoms with E-state index in [-0.39, 0.29) is 56.4 Å². The number of hydrogen-bond acceptors (Lipinski definition) is 7. The van der Waals surface area contributed by atoms with Crippen LogP contribution in [0.2, 0.25) is 0 Å². The second kappa shape index (κ2) is 23.1. The lowest BCUT2D eigenvalue weighted by atomic mass is 9.94. The summed E-state index contributed by atoms with van der Waals surface area (Å²) in [7, 11) is 0. The van der Waals surface area contributed by atoms with Crippen LogP contribution < -0.4 is 16.0 Å². The molecule has 0 bridgehead atoms. The quantitative estimate of drug-likeness (QED) is 0.0569. The van der Waals surface area contributed by atoms with Crippen molar-refractivity contribution in [2.45, 2.75) is 102 Å². The second-order valence-electron chi connectivity index (χ2n) is 13.5. The molecule has 1 aliphatic rings. The minimum atomic E-state index is -0.677.